The van der Waals surface area contributed by atoms with Gasteiger partial charge in [-0.05, 0) is 25.8 Å². The van der Waals surface area contributed by atoms with Gasteiger partial charge in [-0.3, -0.25) is 14.6 Å². The van der Waals surface area contributed by atoms with Gasteiger partial charge in [0, 0.05) is 17.7 Å². The normalized spacial score (nSPS) is 16.3. The Labute approximate surface area is 110 Å². The van der Waals surface area contributed by atoms with Crippen LogP contribution in [0.25, 0.3) is 0 Å². The lowest BCUT2D eigenvalue weighted by molar-refractivity contribution is 0.0931. The van der Waals surface area contributed by atoms with E-state index in [1.54, 1.807) is 11.0 Å². The Morgan fingerprint density at radius 1 is 1.63 bits per heavy atom. The summed E-state index contributed by atoms with van der Waals surface area (Å²) in [6.45, 7) is 2.51. The predicted molar refractivity (Wildman–Crippen MR) is 67.5 cm³/mol. The van der Waals surface area contributed by atoms with Gasteiger partial charge in [0.2, 0.25) is 0 Å². The molecule has 0 aliphatic heterocycles. The summed E-state index contributed by atoms with van der Waals surface area (Å²) in [5.74, 6) is 0.414. The number of hydrogen-bond acceptors (Lipinski definition) is 4. The third-order valence-corrected chi connectivity index (χ3v) is 3.15. The van der Waals surface area contributed by atoms with Gasteiger partial charge < -0.3 is 5.32 Å². The van der Waals surface area contributed by atoms with Gasteiger partial charge in [-0.1, -0.05) is 0 Å². The fraction of sp³-hybridized carbons (Fsp3) is 0.500. The average molecular weight is 260 g/mol. The van der Waals surface area contributed by atoms with Crippen molar-refractivity contribution in [3.8, 4) is 0 Å². The molecule has 1 aliphatic rings. The first-order chi connectivity index (χ1) is 9.22. The highest BCUT2D eigenvalue weighted by molar-refractivity contribution is 5.92. The number of carbonyl (C=O) groups is 1. The number of nitrogens with one attached hydrogen (secondary N) is 2. The molecule has 2 aromatic heterocycles. The zero-order valence-corrected chi connectivity index (χ0v) is 10.7. The van der Waals surface area contributed by atoms with Gasteiger partial charge in [-0.25, -0.2) is 4.98 Å². The molecule has 2 aromatic rings. The van der Waals surface area contributed by atoms with E-state index >= 15 is 0 Å². The summed E-state index contributed by atoms with van der Waals surface area (Å²) in [4.78, 5) is 15.9. The average Bonchev–Trinajstić information content (AvgIpc) is 2.91. The highest BCUT2D eigenvalue weighted by atomic mass is 16.2. The van der Waals surface area contributed by atoms with E-state index in [9.17, 15) is 4.79 Å². The molecule has 1 aliphatic carbocycles. The zero-order chi connectivity index (χ0) is 13.2. The largest absolute Gasteiger partial charge is 0.346 e. The van der Waals surface area contributed by atoms with Crippen molar-refractivity contribution in [3.05, 3.63) is 30.1 Å². The van der Waals surface area contributed by atoms with E-state index in [2.05, 4.69) is 25.6 Å². The maximum Gasteiger partial charge on any atom is 0.272 e. The minimum Gasteiger partial charge on any atom is -0.346 e. The number of amides is 1. The molecule has 1 atom stereocenters. The third kappa shape index (κ3) is 2.81. The van der Waals surface area contributed by atoms with E-state index in [0.29, 0.717) is 18.2 Å². The molecule has 1 saturated carbocycles. The summed E-state index contributed by atoms with van der Waals surface area (Å²) in [7, 11) is 0. The van der Waals surface area contributed by atoms with Gasteiger partial charge in [-0.2, -0.15) is 10.2 Å². The van der Waals surface area contributed by atoms with Gasteiger partial charge in [0.05, 0.1) is 6.54 Å². The van der Waals surface area contributed by atoms with Crippen molar-refractivity contribution in [1.29, 1.82) is 0 Å². The van der Waals surface area contributed by atoms with Crippen LogP contribution in [0.15, 0.2) is 18.7 Å². The van der Waals surface area contributed by atoms with Crippen molar-refractivity contribution in [2.75, 3.05) is 0 Å². The van der Waals surface area contributed by atoms with Crippen molar-refractivity contribution >= 4 is 5.91 Å². The van der Waals surface area contributed by atoms with Crippen molar-refractivity contribution in [2.24, 2.45) is 0 Å². The van der Waals surface area contributed by atoms with Crippen LogP contribution in [-0.4, -0.2) is 36.9 Å². The van der Waals surface area contributed by atoms with Crippen LogP contribution in [0, 0.1) is 0 Å². The lowest BCUT2D eigenvalue weighted by atomic mass is 10.2. The third-order valence-electron chi connectivity index (χ3n) is 3.15. The van der Waals surface area contributed by atoms with Crippen LogP contribution in [0.1, 0.15) is 41.9 Å². The highest BCUT2D eigenvalue weighted by Crippen LogP contribution is 2.38. The molecule has 7 nitrogen and oxygen atoms in total. The number of H-pyrrole nitrogens is 1. The molecule has 2 N–H and O–H groups in total. The van der Waals surface area contributed by atoms with Crippen LogP contribution in [-0.2, 0) is 6.54 Å². The molecule has 19 heavy (non-hydrogen) atoms. The number of hydrogen-bond donors (Lipinski definition) is 2. The molecule has 2 heterocycles. The fourth-order valence-corrected chi connectivity index (χ4v) is 2.01. The Bertz CT molecular complexity index is 557. The van der Waals surface area contributed by atoms with Crippen molar-refractivity contribution < 1.29 is 4.79 Å². The molecule has 0 bridgehead atoms. The molecule has 1 amide bonds. The maximum atomic E-state index is 12.0. The molecule has 7 heteroatoms. The van der Waals surface area contributed by atoms with Crippen LogP contribution in [0.5, 0.6) is 0 Å². The molecule has 100 valence electrons. The Morgan fingerprint density at radius 2 is 2.47 bits per heavy atom. The minimum absolute atomic E-state index is 0.0322. The Balaban J connectivity index is 1.57. The number of aromatic nitrogens is 5. The van der Waals surface area contributed by atoms with E-state index in [1.807, 2.05) is 13.0 Å². The number of aromatic amines is 1. The van der Waals surface area contributed by atoms with Gasteiger partial charge in [0.15, 0.2) is 0 Å². The number of nitrogens with zero attached hydrogens (tertiary/aromatic N) is 4. The Morgan fingerprint density at radius 3 is 3.16 bits per heavy atom. The van der Waals surface area contributed by atoms with E-state index in [0.717, 1.165) is 5.69 Å². The SMILES string of the molecule is C[C@H](Cn1cncn1)NC(=O)c1cc(C2CC2)[nH]n1. The summed E-state index contributed by atoms with van der Waals surface area (Å²) in [6.07, 6.45) is 5.48. The Hall–Kier alpha value is -2.18. The molecular formula is C12H16N6O. The van der Waals surface area contributed by atoms with E-state index in [4.69, 9.17) is 0 Å². The molecule has 0 unspecified atom stereocenters. The maximum absolute atomic E-state index is 12.0. The molecule has 1 fully saturated rings. The Kier molecular flexibility index (Phi) is 3.02. The van der Waals surface area contributed by atoms with Gasteiger partial charge in [-0.15, -0.1) is 0 Å². The van der Waals surface area contributed by atoms with Crippen molar-refractivity contribution in [1.82, 2.24) is 30.3 Å². The second kappa shape index (κ2) is 4.83. The van der Waals surface area contributed by atoms with Crippen molar-refractivity contribution in [2.45, 2.75) is 38.3 Å². The van der Waals surface area contributed by atoms with Gasteiger partial charge in [0.1, 0.15) is 18.3 Å². The lowest BCUT2D eigenvalue weighted by Gasteiger charge is -2.12. The van der Waals surface area contributed by atoms with Crippen LogP contribution in [0.4, 0.5) is 0 Å². The summed E-state index contributed by atoms with van der Waals surface area (Å²) in [5, 5.41) is 13.9. The zero-order valence-electron chi connectivity index (χ0n) is 10.7. The molecule has 0 spiro atoms. The van der Waals surface area contributed by atoms with E-state index in [1.165, 1.54) is 19.2 Å². The molecular weight excluding hydrogens is 244 g/mol. The second-order valence-electron chi connectivity index (χ2n) is 4.97. The fourth-order valence-electron chi connectivity index (χ4n) is 2.01. The quantitative estimate of drug-likeness (QED) is 0.828. The lowest BCUT2D eigenvalue weighted by Crippen LogP contribution is -2.36. The molecule has 0 saturated heterocycles. The summed E-state index contributed by atoms with van der Waals surface area (Å²) >= 11 is 0. The van der Waals surface area contributed by atoms with Crippen LogP contribution >= 0.6 is 0 Å². The first-order valence-electron chi connectivity index (χ1n) is 6.41. The van der Waals surface area contributed by atoms with Crippen LogP contribution < -0.4 is 5.32 Å². The predicted octanol–water partition coefficient (Wildman–Crippen LogP) is 0.697. The molecule has 3 rings (SSSR count). The monoisotopic (exact) mass is 260 g/mol. The summed E-state index contributed by atoms with van der Waals surface area (Å²) in [5.41, 5.74) is 1.52. The van der Waals surface area contributed by atoms with E-state index in [-0.39, 0.29) is 11.9 Å². The van der Waals surface area contributed by atoms with Crippen LogP contribution in [0.3, 0.4) is 0 Å². The topological polar surface area (TPSA) is 88.5 Å². The number of carbonyl (C=O) groups excluding carboxylic acids is 1. The summed E-state index contributed by atoms with van der Waals surface area (Å²) in [6, 6.07) is 1.81. The highest BCUT2D eigenvalue weighted by Gasteiger charge is 2.26. The second-order valence-corrected chi connectivity index (χ2v) is 4.97. The molecule has 0 aromatic carbocycles. The smallest absolute Gasteiger partial charge is 0.272 e. The van der Waals surface area contributed by atoms with Gasteiger partial charge in [0.25, 0.3) is 5.91 Å². The van der Waals surface area contributed by atoms with Crippen molar-refractivity contribution in [3.63, 3.8) is 0 Å². The summed E-state index contributed by atoms with van der Waals surface area (Å²) < 4.78 is 1.69. The van der Waals surface area contributed by atoms with Gasteiger partial charge >= 0.3 is 0 Å². The standard InChI is InChI=1S/C12H16N6O/c1-8(5-18-7-13-6-14-18)15-12(19)11-4-10(16-17-11)9-2-3-9/h4,6-9H,2-3,5H2,1H3,(H,15,19)(H,16,17)/t8-/m1/s1. The first-order valence-corrected chi connectivity index (χ1v) is 6.41. The minimum atomic E-state index is -0.157. The van der Waals surface area contributed by atoms with Crippen LogP contribution in [0.2, 0.25) is 0 Å². The van der Waals surface area contributed by atoms with E-state index < -0.39 is 0 Å². The number of rotatable bonds is 5. The molecule has 0 radical (unpaired) electrons. The first kappa shape index (κ1) is 11.9.